The number of nitrogens with two attached hydrogens (primary N) is 1. The molecule has 0 aliphatic carbocycles. The zero-order valence-electron chi connectivity index (χ0n) is 14.8. The number of ether oxygens (including phenoxy) is 1. The number of carbonyl (C=O) groups excluding carboxylic acids is 1. The topological polar surface area (TPSA) is 73.4 Å². The molecule has 6 heteroatoms. The lowest BCUT2D eigenvalue weighted by atomic mass is 10.1. The summed E-state index contributed by atoms with van der Waals surface area (Å²) in [6.07, 6.45) is 4.29. The van der Waals surface area contributed by atoms with Crippen LogP contribution < -0.4 is 5.73 Å². The molecule has 2 heterocycles. The second-order valence-electron chi connectivity index (χ2n) is 6.83. The quantitative estimate of drug-likeness (QED) is 0.892. The highest BCUT2D eigenvalue weighted by atomic mass is 16.5. The first-order valence-electron chi connectivity index (χ1n) is 8.75. The van der Waals surface area contributed by atoms with Gasteiger partial charge in [-0.2, -0.15) is 0 Å². The fraction of sp³-hybridized carbons (Fsp3) is 0.474. The summed E-state index contributed by atoms with van der Waals surface area (Å²) in [5, 5.41) is 0. The summed E-state index contributed by atoms with van der Waals surface area (Å²) in [5.41, 5.74) is 8.20. The van der Waals surface area contributed by atoms with Crippen molar-refractivity contribution in [3.63, 3.8) is 0 Å². The van der Waals surface area contributed by atoms with Crippen LogP contribution >= 0.6 is 0 Å². The van der Waals surface area contributed by atoms with Gasteiger partial charge < -0.3 is 19.9 Å². The molecule has 1 amide bonds. The third-order valence-corrected chi connectivity index (χ3v) is 4.37. The van der Waals surface area contributed by atoms with Gasteiger partial charge in [-0.3, -0.25) is 4.79 Å². The fourth-order valence-corrected chi connectivity index (χ4v) is 3.30. The van der Waals surface area contributed by atoms with Crippen molar-refractivity contribution in [1.29, 1.82) is 0 Å². The van der Waals surface area contributed by atoms with Crippen molar-refractivity contribution in [2.24, 2.45) is 5.73 Å². The van der Waals surface area contributed by atoms with Gasteiger partial charge in [0, 0.05) is 32.3 Å². The second-order valence-corrected chi connectivity index (χ2v) is 6.83. The first-order chi connectivity index (χ1) is 12.0. The van der Waals surface area contributed by atoms with Gasteiger partial charge >= 0.3 is 0 Å². The molecule has 1 fully saturated rings. The predicted octanol–water partition coefficient (Wildman–Crippen LogP) is 1.44. The van der Waals surface area contributed by atoms with Gasteiger partial charge in [-0.05, 0) is 19.4 Å². The minimum atomic E-state index is -0.572. The predicted molar refractivity (Wildman–Crippen MR) is 96.0 cm³/mol. The average molecular weight is 342 g/mol. The molecule has 2 unspecified atom stereocenters. The van der Waals surface area contributed by atoms with E-state index in [-0.39, 0.29) is 18.1 Å². The van der Waals surface area contributed by atoms with Crippen LogP contribution in [0.15, 0.2) is 42.9 Å². The Kier molecular flexibility index (Phi) is 5.50. The van der Waals surface area contributed by atoms with E-state index in [4.69, 9.17) is 10.5 Å². The number of imidazole rings is 1. The number of nitrogens with zero attached hydrogens (tertiary/aromatic N) is 3. The number of amides is 1. The van der Waals surface area contributed by atoms with Crippen LogP contribution in [0.5, 0.6) is 0 Å². The SMILES string of the molecule is CC1CN(C(=O)[C@@H](N)Cc2cn(Cc3ccccc3)cn2)CC(C)O1. The minimum absolute atomic E-state index is 0.0281. The average Bonchev–Trinajstić information content (AvgIpc) is 3.01. The lowest BCUT2D eigenvalue weighted by Crippen LogP contribution is -2.53. The van der Waals surface area contributed by atoms with Gasteiger partial charge in [0.2, 0.25) is 5.91 Å². The van der Waals surface area contributed by atoms with Crippen LogP contribution in [0.25, 0.3) is 0 Å². The molecule has 0 saturated carbocycles. The van der Waals surface area contributed by atoms with E-state index in [0.717, 1.165) is 12.2 Å². The molecule has 134 valence electrons. The number of hydrogen-bond donors (Lipinski definition) is 1. The van der Waals surface area contributed by atoms with E-state index in [1.54, 1.807) is 6.33 Å². The van der Waals surface area contributed by atoms with E-state index in [9.17, 15) is 4.79 Å². The molecule has 1 aromatic heterocycles. The van der Waals surface area contributed by atoms with Crippen LogP contribution in [0.4, 0.5) is 0 Å². The monoisotopic (exact) mass is 342 g/mol. The Balaban J connectivity index is 1.57. The second kappa shape index (κ2) is 7.80. The Hall–Kier alpha value is -2.18. The fourth-order valence-electron chi connectivity index (χ4n) is 3.30. The van der Waals surface area contributed by atoms with E-state index in [1.165, 1.54) is 5.56 Å². The molecule has 6 nitrogen and oxygen atoms in total. The van der Waals surface area contributed by atoms with Crippen molar-refractivity contribution in [2.45, 2.75) is 45.1 Å². The van der Waals surface area contributed by atoms with Crippen molar-refractivity contribution in [3.8, 4) is 0 Å². The molecule has 0 spiro atoms. The number of benzene rings is 1. The summed E-state index contributed by atoms with van der Waals surface area (Å²) in [6.45, 7) is 5.91. The van der Waals surface area contributed by atoms with Crippen LogP contribution in [-0.2, 0) is 22.5 Å². The van der Waals surface area contributed by atoms with Crippen LogP contribution in [-0.4, -0.2) is 51.7 Å². The zero-order chi connectivity index (χ0) is 17.8. The molecule has 0 bridgehead atoms. The van der Waals surface area contributed by atoms with Gasteiger partial charge in [-0.15, -0.1) is 0 Å². The summed E-state index contributed by atoms with van der Waals surface area (Å²) in [6, 6.07) is 9.63. The maximum Gasteiger partial charge on any atom is 0.240 e. The Morgan fingerprint density at radius 1 is 1.28 bits per heavy atom. The first-order valence-corrected chi connectivity index (χ1v) is 8.75. The third-order valence-electron chi connectivity index (χ3n) is 4.37. The molecule has 1 saturated heterocycles. The van der Waals surface area contributed by atoms with Crippen LogP contribution in [0, 0.1) is 0 Å². The largest absolute Gasteiger partial charge is 0.372 e. The molecule has 3 atom stereocenters. The van der Waals surface area contributed by atoms with E-state index in [2.05, 4.69) is 17.1 Å². The molecule has 3 rings (SSSR count). The molecule has 1 aliphatic heterocycles. The van der Waals surface area contributed by atoms with E-state index in [1.807, 2.05) is 47.7 Å². The van der Waals surface area contributed by atoms with Gasteiger partial charge in [0.25, 0.3) is 0 Å². The van der Waals surface area contributed by atoms with Crippen LogP contribution in [0.2, 0.25) is 0 Å². The van der Waals surface area contributed by atoms with Gasteiger partial charge in [-0.25, -0.2) is 4.98 Å². The van der Waals surface area contributed by atoms with Gasteiger partial charge in [-0.1, -0.05) is 30.3 Å². The Morgan fingerprint density at radius 2 is 1.96 bits per heavy atom. The highest BCUT2D eigenvalue weighted by Crippen LogP contribution is 2.13. The van der Waals surface area contributed by atoms with Crippen molar-refractivity contribution in [2.75, 3.05) is 13.1 Å². The molecule has 25 heavy (non-hydrogen) atoms. The summed E-state index contributed by atoms with van der Waals surface area (Å²) < 4.78 is 7.69. The van der Waals surface area contributed by atoms with E-state index >= 15 is 0 Å². The van der Waals surface area contributed by atoms with E-state index < -0.39 is 6.04 Å². The first kappa shape index (κ1) is 17.6. The number of rotatable bonds is 5. The van der Waals surface area contributed by atoms with Crippen LogP contribution in [0.1, 0.15) is 25.1 Å². The Bertz CT molecular complexity index is 690. The highest BCUT2D eigenvalue weighted by Gasteiger charge is 2.29. The standard InChI is InChI=1S/C19H26N4O2/c1-14-9-23(10-15(2)25-14)19(24)18(20)8-17-12-22(13-21-17)11-16-6-4-3-5-7-16/h3-7,12-15,18H,8-11,20H2,1-2H3/t14?,15?,18-/m0/s1. The maximum atomic E-state index is 12.6. The molecule has 1 aromatic carbocycles. The lowest BCUT2D eigenvalue weighted by Gasteiger charge is -2.36. The van der Waals surface area contributed by atoms with Crippen molar-refractivity contribution < 1.29 is 9.53 Å². The number of morpholine rings is 1. The normalized spacial score (nSPS) is 22.0. The van der Waals surface area contributed by atoms with E-state index in [0.29, 0.717) is 19.5 Å². The Labute approximate surface area is 148 Å². The molecule has 2 aromatic rings. The maximum absolute atomic E-state index is 12.6. The molecular formula is C19H26N4O2. The number of carbonyl (C=O) groups is 1. The molecule has 1 aliphatic rings. The van der Waals surface area contributed by atoms with Gasteiger partial charge in [0.05, 0.1) is 30.3 Å². The highest BCUT2D eigenvalue weighted by molar-refractivity contribution is 5.82. The molecule has 2 N–H and O–H groups in total. The minimum Gasteiger partial charge on any atom is -0.372 e. The summed E-state index contributed by atoms with van der Waals surface area (Å²) >= 11 is 0. The van der Waals surface area contributed by atoms with Crippen molar-refractivity contribution in [1.82, 2.24) is 14.5 Å². The zero-order valence-corrected chi connectivity index (χ0v) is 14.8. The number of aromatic nitrogens is 2. The van der Waals surface area contributed by atoms with Gasteiger partial charge in [0.1, 0.15) is 0 Å². The molecule has 0 radical (unpaired) electrons. The number of hydrogen-bond acceptors (Lipinski definition) is 4. The Morgan fingerprint density at radius 3 is 2.64 bits per heavy atom. The third kappa shape index (κ3) is 4.67. The van der Waals surface area contributed by atoms with Gasteiger partial charge in [0.15, 0.2) is 0 Å². The summed E-state index contributed by atoms with van der Waals surface area (Å²) in [5.74, 6) is -0.0281. The van der Waals surface area contributed by atoms with Crippen molar-refractivity contribution >= 4 is 5.91 Å². The van der Waals surface area contributed by atoms with Crippen LogP contribution in [0.3, 0.4) is 0 Å². The lowest BCUT2D eigenvalue weighted by molar-refractivity contribution is -0.144. The summed E-state index contributed by atoms with van der Waals surface area (Å²) in [7, 11) is 0. The molecular weight excluding hydrogens is 316 g/mol. The smallest absolute Gasteiger partial charge is 0.240 e. The van der Waals surface area contributed by atoms with Crippen molar-refractivity contribution in [3.05, 3.63) is 54.1 Å². The summed E-state index contributed by atoms with van der Waals surface area (Å²) in [4.78, 5) is 18.8.